The van der Waals surface area contributed by atoms with E-state index in [1.54, 1.807) is 0 Å². The van der Waals surface area contributed by atoms with Gasteiger partial charge in [0.2, 0.25) is 0 Å². The summed E-state index contributed by atoms with van der Waals surface area (Å²) in [4.78, 5) is -0.638. The average Bonchev–Trinajstić information content (AvgIpc) is 1.92. The van der Waals surface area contributed by atoms with Gasteiger partial charge in [-0.2, -0.15) is 8.42 Å². The van der Waals surface area contributed by atoms with Crippen LogP contribution in [0.4, 0.5) is 0 Å². The lowest BCUT2D eigenvalue weighted by Crippen LogP contribution is -2.14. The molecule has 0 aromatic heterocycles. The molecule has 1 aliphatic rings. The van der Waals surface area contributed by atoms with Crippen LogP contribution in [0.5, 0.6) is 0 Å². The van der Waals surface area contributed by atoms with Gasteiger partial charge < -0.3 is 10.2 Å². The highest BCUT2D eigenvalue weighted by Crippen LogP contribution is 2.20. The summed E-state index contributed by atoms with van der Waals surface area (Å²) < 4.78 is 29.6. The summed E-state index contributed by atoms with van der Waals surface area (Å²) in [5.41, 5.74) is 0. The van der Waals surface area contributed by atoms with Crippen LogP contribution in [0.1, 0.15) is 6.42 Å². The van der Waals surface area contributed by atoms with Crippen molar-refractivity contribution >= 4 is 10.1 Å². The van der Waals surface area contributed by atoms with Gasteiger partial charge >= 0.3 is 0 Å². The van der Waals surface area contributed by atoms with Crippen LogP contribution in [0.15, 0.2) is 22.8 Å². The van der Waals surface area contributed by atoms with Crippen molar-refractivity contribution in [2.24, 2.45) is 0 Å². The van der Waals surface area contributed by atoms with Crippen LogP contribution in [-0.2, 0) is 10.1 Å². The molecule has 12 heavy (non-hydrogen) atoms. The Morgan fingerprint density at radius 2 is 2.08 bits per heavy atom. The molecule has 1 unspecified atom stereocenters. The highest BCUT2D eigenvalue weighted by molar-refractivity contribution is 7.90. The second kappa shape index (κ2) is 2.89. The standard InChI is InChI=1S/C6H8O5S/c7-4-1-2-5(8)6(3-4)12(9,10)11/h2-4,7-8H,1H2,(H,9,10,11). The lowest BCUT2D eigenvalue weighted by molar-refractivity contribution is 0.220. The summed E-state index contributed by atoms with van der Waals surface area (Å²) in [6.07, 6.45) is 1.20. The van der Waals surface area contributed by atoms with Crippen LogP contribution >= 0.6 is 0 Å². The Balaban J connectivity index is 3.11. The monoisotopic (exact) mass is 192 g/mol. The van der Waals surface area contributed by atoms with Crippen molar-refractivity contribution in [1.29, 1.82) is 0 Å². The first-order chi connectivity index (χ1) is 5.41. The summed E-state index contributed by atoms with van der Waals surface area (Å²) in [6, 6.07) is 0. The highest BCUT2D eigenvalue weighted by atomic mass is 32.2. The molecule has 0 saturated carbocycles. The maximum absolute atomic E-state index is 10.5. The van der Waals surface area contributed by atoms with Gasteiger partial charge in [-0.3, -0.25) is 4.55 Å². The molecular weight excluding hydrogens is 184 g/mol. The van der Waals surface area contributed by atoms with Crippen molar-refractivity contribution < 1.29 is 23.2 Å². The van der Waals surface area contributed by atoms with Gasteiger partial charge in [-0.15, -0.1) is 0 Å². The maximum Gasteiger partial charge on any atom is 0.297 e. The Hall–Kier alpha value is -0.850. The van der Waals surface area contributed by atoms with Crippen LogP contribution in [0.3, 0.4) is 0 Å². The Morgan fingerprint density at radius 3 is 2.50 bits per heavy atom. The van der Waals surface area contributed by atoms with E-state index >= 15 is 0 Å². The molecule has 1 atom stereocenters. The zero-order valence-corrected chi connectivity index (χ0v) is 6.82. The molecule has 0 amide bonds. The van der Waals surface area contributed by atoms with Gasteiger partial charge in [0.15, 0.2) is 0 Å². The van der Waals surface area contributed by atoms with E-state index in [0.29, 0.717) is 0 Å². The molecule has 0 aromatic rings. The number of hydrogen-bond donors (Lipinski definition) is 3. The van der Waals surface area contributed by atoms with Gasteiger partial charge in [-0.25, -0.2) is 0 Å². The predicted octanol–water partition coefficient (Wildman–Crippen LogP) is -0.0354. The third-order valence-corrected chi connectivity index (χ3v) is 2.33. The molecule has 0 spiro atoms. The van der Waals surface area contributed by atoms with Gasteiger partial charge in [-0.05, 0) is 18.6 Å². The summed E-state index contributed by atoms with van der Waals surface area (Å²) >= 11 is 0. The number of rotatable bonds is 1. The van der Waals surface area contributed by atoms with E-state index in [9.17, 15) is 8.42 Å². The molecule has 0 bridgehead atoms. The Morgan fingerprint density at radius 1 is 1.50 bits per heavy atom. The van der Waals surface area contributed by atoms with E-state index in [4.69, 9.17) is 14.8 Å². The van der Waals surface area contributed by atoms with E-state index in [2.05, 4.69) is 0 Å². The molecule has 0 aliphatic heterocycles. The van der Waals surface area contributed by atoms with Crippen LogP contribution < -0.4 is 0 Å². The molecular formula is C6H8O5S. The van der Waals surface area contributed by atoms with Crippen molar-refractivity contribution in [3.8, 4) is 0 Å². The van der Waals surface area contributed by atoms with Gasteiger partial charge in [0.1, 0.15) is 10.7 Å². The summed E-state index contributed by atoms with van der Waals surface area (Å²) in [6.45, 7) is 0. The maximum atomic E-state index is 10.5. The summed E-state index contributed by atoms with van der Waals surface area (Å²) in [7, 11) is -4.43. The van der Waals surface area contributed by atoms with E-state index in [-0.39, 0.29) is 6.42 Å². The molecule has 0 fully saturated rings. The lowest BCUT2D eigenvalue weighted by Gasteiger charge is -2.11. The van der Waals surface area contributed by atoms with Crippen molar-refractivity contribution in [3.63, 3.8) is 0 Å². The van der Waals surface area contributed by atoms with Crippen LogP contribution in [-0.4, -0.2) is 29.3 Å². The first-order valence-corrected chi connectivity index (χ1v) is 4.62. The Kier molecular flexibility index (Phi) is 2.22. The molecule has 3 N–H and O–H groups in total. The fourth-order valence-corrected chi connectivity index (χ4v) is 1.56. The fraction of sp³-hybridized carbons (Fsp3) is 0.333. The Labute approximate surface area is 69.4 Å². The number of aliphatic hydroxyl groups excluding tert-OH is 2. The minimum Gasteiger partial charge on any atom is -0.507 e. The van der Waals surface area contributed by atoms with Crippen molar-refractivity contribution in [2.75, 3.05) is 0 Å². The predicted molar refractivity (Wildman–Crippen MR) is 41.0 cm³/mol. The van der Waals surface area contributed by atoms with E-state index in [0.717, 1.165) is 12.2 Å². The zero-order chi connectivity index (χ0) is 9.35. The lowest BCUT2D eigenvalue weighted by atomic mass is 10.1. The largest absolute Gasteiger partial charge is 0.507 e. The molecule has 0 aromatic carbocycles. The van der Waals surface area contributed by atoms with Crippen LogP contribution in [0, 0.1) is 0 Å². The molecule has 0 saturated heterocycles. The van der Waals surface area contributed by atoms with E-state index in [1.165, 1.54) is 0 Å². The first kappa shape index (κ1) is 9.24. The second-order valence-electron chi connectivity index (χ2n) is 2.40. The summed E-state index contributed by atoms with van der Waals surface area (Å²) in [5.74, 6) is -0.525. The average molecular weight is 192 g/mol. The normalized spacial score (nSPS) is 24.7. The molecule has 68 valence electrons. The third-order valence-electron chi connectivity index (χ3n) is 1.43. The Bertz CT molecular complexity index is 337. The van der Waals surface area contributed by atoms with Gasteiger partial charge in [-0.1, -0.05) is 0 Å². The minimum atomic E-state index is -4.43. The van der Waals surface area contributed by atoms with E-state index < -0.39 is 26.9 Å². The minimum absolute atomic E-state index is 0.144. The van der Waals surface area contributed by atoms with Crippen LogP contribution in [0.25, 0.3) is 0 Å². The molecule has 0 heterocycles. The highest BCUT2D eigenvalue weighted by Gasteiger charge is 2.22. The number of aliphatic hydroxyl groups is 2. The fourth-order valence-electron chi connectivity index (χ4n) is 0.879. The zero-order valence-electron chi connectivity index (χ0n) is 6.01. The SMILES string of the molecule is O=S(=O)(O)C1=CC(O)CC=C1O. The van der Waals surface area contributed by atoms with Gasteiger partial charge in [0, 0.05) is 0 Å². The van der Waals surface area contributed by atoms with Crippen molar-refractivity contribution in [2.45, 2.75) is 12.5 Å². The van der Waals surface area contributed by atoms with Crippen LogP contribution in [0.2, 0.25) is 0 Å². The van der Waals surface area contributed by atoms with Gasteiger partial charge in [0.25, 0.3) is 10.1 Å². The van der Waals surface area contributed by atoms with Crippen molar-refractivity contribution in [1.82, 2.24) is 0 Å². The quantitative estimate of drug-likeness (QED) is 0.507. The number of hydrogen-bond acceptors (Lipinski definition) is 4. The second-order valence-corrected chi connectivity index (χ2v) is 3.79. The molecule has 1 aliphatic carbocycles. The van der Waals surface area contributed by atoms with Crippen molar-refractivity contribution in [3.05, 3.63) is 22.8 Å². The molecule has 5 nitrogen and oxygen atoms in total. The molecule has 1 rings (SSSR count). The smallest absolute Gasteiger partial charge is 0.297 e. The summed E-state index contributed by atoms with van der Waals surface area (Å²) in [5, 5.41) is 17.9. The molecule has 6 heteroatoms. The van der Waals surface area contributed by atoms with Gasteiger partial charge in [0.05, 0.1) is 6.10 Å². The third kappa shape index (κ3) is 1.84. The first-order valence-electron chi connectivity index (χ1n) is 3.18. The topological polar surface area (TPSA) is 94.8 Å². The molecule has 0 radical (unpaired) electrons. The van der Waals surface area contributed by atoms with E-state index in [1.807, 2.05) is 0 Å².